The molecule has 2 aromatic heterocycles. The van der Waals surface area contributed by atoms with E-state index in [4.69, 9.17) is 0 Å². The first-order valence-electron chi connectivity index (χ1n) is 6.33. The van der Waals surface area contributed by atoms with E-state index in [2.05, 4.69) is 34.2 Å². The Morgan fingerprint density at radius 1 is 1.55 bits per heavy atom. The Morgan fingerprint density at radius 3 is 2.85 bits per heavy atom. The van der Waals surface area contributed by atoms with E-state index >= 15 is 0 Å². The summed E-state index contributed by atoms with van der Waals surface area (Å²) in [5, 5.41) is 9.59. The fourth-order valence-corrected chi connectivity index (χ4v) is 2.46. The van der Waals surface area contributed by atoms with Crippen molar-refractivity contribution < 1.29 is 4.79 Å². The molecule has 20 heavy (non-hydrogen) atoms. The van der Waals surface area contributed by atoms with Gasteiger partial charge in [0.25, 0.3) is 5.91 Å². The van der Waals surface area contributed by atoms with E-state index < -0.39 is 5.69 Å². The van der Waals surface area contributed by atoms with Gasteiger partial charge in [0.05, 0.1) is 10.7 Å². The first-order chi connectivity index (χ1) is 9.47. The summed E-state index contributed by atoms with van der Waals surface area (Å²) >= 11 is 1.63. The van der Waals surface area contributed by atoms with E-state index in [-0.39, 0.29) is 11.7 Å². The van der Waals surface area contributed by atoms with Crippen LogP contribution in [-0.2, 0) is 13.5 Å². The van der Waals surface area contributed by atoms with Gasteiger partial charge in [-0.3, -0.25) is 9.78 Å². The van der Waals surface area contributed by atoms with Crippen LogP contribution in [0.15, 0.2) is 10.2 Å². The summed E-state index contributed by atoms with van der Waals surface area (Å²) in [6.45, 7) is 4.66. The van der Waals surface area contributed by atoms with Gasteiger partial charge in [0, 0.05) is 31.3 Å². The maximum Gasteiger partial charge on any atom is 0.343 e. The molecule has 0 unspecified atom stereocenters. The molecule has 0 aliphatic rings. The number of aromatic nitrogens is 4. The van der Waals surface area contributed by atoms with Crippen molar-refractivity contribution in [2.75, 3.05) is 6.54 Å². The number of carbonyl (C=O) groups is 1. The van der Waals surface area contributed by atoms with E-state index in [1.54, 1.807) is 11.3 Å². The van der Waals surface area contributed by atoms with Crippen LogP contribution in [0, 0.1) is 0 Å². The lowest BCUT2D eigenvalue weighted by atomic mass is 10.2. The monoisotopic (exact) mass is 295 g/mol. The number of aromatic amines is 1. The third-order valence-electron chi connectivity index (χ3n) is 2.71. The normalized spacial score (nSPS) is 11.0. The Balaban J connectivity index is 1.86. The van der Waals surface area contributed by atoms with Crippen molar-refractivity contribution in [3.05, 3.63) is 32.4 Å². The van der Waals surface area contributed by atoms with E-state index in [1.807, 2.05) is 5.38 Å². The lowest BCUT2D eigenvalue weighted by Crippen LogP contribution is -2.27. The molecule has 2 aromatic rings. The van der Waals surface area contributed by atoms with Crippen molar-refractivity contribution in [3.63, 3.8) is 0 Å². The van der Waals surface area contributed by atoms with Gasteiger partial charge in [-0.05, 0) is 0 Å². The van der Waals surface area contributed by atoms with Crippen LogP contribution in [0.25, 0.3) is 0 Å². The highest BCUT2D eigenvalue weighted by Crippen LogP contribution is 2.19. The average molecular weight is 295 g/mol. The molecule has 2 rings (SSSR count). The van der Waals surface area contributed by atoms with E-state index in [1.165, 1.54) is 7.05 Å². The number of hydrogen-bond donors (Lipinski definition) is 2. The molecule has 0 aliphatic heterocycles. The molecule has 0 bridgehead atoms. The molecule has 0 aromatic carbocycles. The quantitative estimate of drug-likeness (QED) is 0.847. The summed E-state index contributed by atoms with van der Waals surface area (Å²) < 4.78 is 1.09. The third-order valence-corrected chi connectivity index (χ3v) is 3.91. The van der Waals surface area contributed by atoms with Gasteiger partial charge in [0.2, 0.25) is 5.82 Å². The number of rotatable bonds is 5. The Kier molecular flexibility index (Phi) is 4.33. The van der Waals surface area contributed by atoms with Crippen LogP contribution in [0.1, 0.15) is 41.1 Å². The summed E-state index contributed by atoms with van der Waals surface area (Å²) in [6, 6.07) is 0. The summed E-state index contributed by atoms with van der Waals surface area (Å²) in [7, 11) is 1.48. The lowest BCUT2D eigenvalue weighted by molar-refractivity contribution is 0.0943. The van der Waals surface area contributed by atoms with E-state index in [0.29, 0.717) is 18.9 Å². The number of aryl methyl sites for hydroxylation is 1. The van der Waals surface area contributed by atoms with E-state index in [9.17, 15) is 9.59 Å². The Morgan fingerprint density at radius 2 is 2.30 bits per heavy atom. The van der Waals surface area contributed by atoms with Crippen molar-refractivity contribution in [1.82, 2.24) is 25.1 Å². The molecule has 2 N–H and O–H groups in total. The first-order valence-corrected chi connectivity index (χ1v) is 7.21. The number of nitrogens with zero attached hydrogens (tertiary/aromatic N) is 3. The average Bonchev–Trinajstić information content (AvgIpc) is 2.98. The third kappa shape index (κ3) is 3.32. The Hall–Kier alpha value is -1.96. The van der Waals surface area contributed by atoms with Gasteiger partial charge in [0.1, 0.15) is 0 Å². The van der Waals surface area contributed by atoms with Crippen LogP contribution >= 0.6 is 11.3 Å². The predicted molar refractivity (Wildman–Crippen MR) is 76.1 cm³/mol. The molecule has 0 atom stereocenters. The van der Waals surface area contributed by atoms with Gasteiger partial charge in [-0.1, -0.05) is 13.8 Å². The van der Waals surface area contributed by atoms with Crippen molar-refractivity contribution in [1.29, 1.82) is 0 Å². The highest BCUT2D eigenvalue weighted by Gasteiger charge is 2.11. The minimum Gasteiger partial charge on any atom is -0.349 e. The lowest BCUT2D eigenvalue weighted by Gasteiger charge is -2.01. The highest BCUT2D eigenvalue weighted by atomic mass is 32.1. The number of thiazole rings is 1. The molecule has 0 radical (unpaired) electrons. The second-order valence-corrected chi connectivity index (χ2v) is 5.63. The molecule has 0 aliphatic carbocycles. The van der Waals surface area contributed by atoms with Crippen LogP contribution in [0.2, 0.25) is 0 Å². The SMILES string of the molecule is CC(C)c1nc(CCNC(=O)c2nn(C)c(=O)[nH]2)cs1. The fraction of sp³-hybridized carbons (Fsp3) is 0.500. The summed E-state index contributed by atoms with van der Waals surface area (Å²) in [6.07, 6.45) is 0.659. The largest absolute Gasteiger partial charge is 0.349 e. The molecule has 108 valence electrons. The number of amides is 1. The maximum atomic E-state index is 11.7. The topological polar surface area (TPSA) is 92.7 Å². The van der Waals surface area contributed by atoms with Crippen molar-refractivity contribution in [2.24, 2.45) is 7.05 Å². The molecular weight excluding hydrogens is 278 g/mol. The molecule has 0 fully saturated rings. The van der Waals surface area contributed by atoms with Gasteiger partial charge in [-0.2, -0.15) is 0 Å². The highest BCUT2D eigenvalue weighted by molar-refractivity contribution is 7.09. The summed E-state index contributed by atoms with van der Waals surface area (Å²) in [5.41, 5.74) is 0.560. The van der Waals surface area contributed by atoms with Crippen LogP contribution < -0.4 is 11.0 Å². The van der Waals surface area contributed by atoms with Gasteiger partial charge in [-0.15, -0.1) is 16.4 Å². The summed E-state index contributed by atoms with van der Waals surface area (Å²) in [5.74, 6) is 0.0580. The summed E-state index contributed by atoms with van der Waals surface area (Å²) in [4.78, 5) is 29.8. The molecule has 0 saturated heterocycles. The van der Waals surface area contributed by atoms with Crippen molar-refractivity contribution in [3.8, 4) is 0 Å². The van der Waals surface area contributed by atoms with Crippen LogP contribution in [0.5, 0.6) is 0 Å². The molecule has 8 heteroatoms. The second kappa shape index (κ2) is 6.00. The molecule has 0 spiro atoms. The minimum atomic E-state index is -0.406. The molecule has 7 nitrogen and oxygen atoms in total. The van der Waals surface area contributed by atoms with Crippen LogP contribution in [-0.4, -0.2) is 32.2 Å². The van der Waals surface area contributed by atoms with E-state index in [0.717, 1.165) is 15.4 Å². The second-order valence-electron chi connectivity index (χ2n) is 4.74. The van der Waals surface area contributed by atoms with Crippen LogP contribution in [0.3, 0.4) is 0 Å². The zero-order valence-electron chi connectivity index (χ0n) is 11.6. The van der Waals surface area contributed by atoms with Crippen molar-refractivity contribution in [2.45, 2.75) is 26.2 Å². The van der Waals surface area contributed by atoms with Gasteiger partial charge < -0.3 is 5.32 Å². The number of hydrogen-bond acceptors (Lipinski definition) is 5. The maximum absolute atomic E-state index is 11.7. The van der Waals surface area contributed by atoms with Gasteiger partial charge >= 0.3 is 5.69 Å². The predicted octanol–water partition coefficient (Wildman–Crippen LogP) is 0.661. The number of nitrogens with one attached hydrogen (secondary N) is 2. The zero-order chi connectivity index (χ0) is 14.7. The number of carbonyl (C=O) groups excluding carboxylic acids is 1. The van der Waals surface area contributed by atoms with Crippen LogP contribution in [0.4, 0.5) is 0 Å². The van der Waals surface area contributed by atoms with Gasteiger partial charge in [0.15, 0.2) is 0 Å². The molecule has 1 amide bonds. The minimum absolute atomic E-state index is 0.0265. The fourth-order valence-electron chi connectivity index (χ4n) is 1.60. The Bertz CT molecular complexity index is 655. The van der Waals surface area contributed by atoms with Gasteiger partial charge in [-0.25, -0.2) is 14.5 Å². The molecule has 2 heterocycles. The number of H-pyrrole nitrogens is 1. The van der Waals surface area contributed by atoms with Crippen molar-refractivity contribution >= 4 is 17.2 Å². The Labute approximate surface area is 120 Å². The molecule has 0 saturated carbocycles. The molecular formula is C12H17N5O2S. The standard InChI is InChI=1S/C12H17N5O2S/c1-7(2)11-14-8(6-20-11)4-5-13-10(18)9-15-12(19)17(3)16-9/h6-7H,4-5H2,1-3H3,(H,13,18)(H,15,16,19). The first kappa shape index (κ1) is 14.4. The zero-order valence-corrected chi connectivity index (χ0v) is 12.5. The smallest absolute Gasteiger partial charge is 0.343 e.